The number of rotatable bonds is 7. The highest BCUT2D eigenvalue weighted by Crippen LogP contribution is 2.18. The van der Waals surface area contributed by atoms with Crippen LogP contribution in [0.25, 0.3) is 10.2 Å². The van der Waals surface area contributed by atoms with Crippen molar-refractivity contribution in [3.8, 4) is 0 Å². The number of hydrogen-bond donors (Lipinski definition) is 1. The summed E-state index contributed by atoms with van der Waals surface area (Å²) in [5.74, 6) is -0.0559. The topological polar surface area (TPSA) is 64.0 Å². The number of hydrogen-bond acceptors (Lipinski definition) is 4. The van der Waals surface area contributed by atoms with Gasteiger partial charge in [0, 0.05) is 13.0 Å². The summed E-state index contributed by atoms with van der Waals surface area (Å²) in [6.07, 6.45) is 3.65. The van der Waals surface area contributed by atoms with Crippen LogP contribution in [0.15, 0.2) is 52.9 Å². The van der Waals surface area contributed by atoms with Gasteiger partial charge in [0.2, 0.25) is 5.91 Å². The minimum absolute atomic E-state index is 0.00732. The van der Waals surface area contributed by atoms with Crippen LogP contribution >= 0.6 is 11.3 Å². The molecule has 0 aliphatic rings. The first kappa shape index (κ1) is 17.4. The molecule has 0 radical (unpaired) electrons. The zero-order valence-corrected chi connectivity index (χ0v) is 15.0. The van der Waals surface area contributed by atoms with Crippen LogP contribution in [-0.4, -0.2) is 15.5 Å². The number of aryl methyl sites for hydroxylation is 1. The second-order valence-corrected chi connectivity index (χ2v) is 6.85. The lowest BCUT2D eigenvalue weighted by atomic mass is 10.0. The van der Waals surface area contributed by atoms with Crippen molar-refractivity contribution in [1.82, 2.24) is 14.9 Å². The minimum Gasteiger partial charge on any atom is -0.349 e. The van der Waals surface area contributed by atoms with Crippen molar-refractivity contribution in [3.63, 3.8) is 0 Å². The molecule has 0 saturated carbocycles. The van der Waals surface area contributed by atoms with Gasteiger partial charge in [-0.05, 0) is 23.4 Å². The molecule has 1 aromatic carbocycles. The van der Waals surface area contributed by atoms with Crippen molar-refractivity contribution in [3.05, 3.63) is 64.0 Å². The van der Waals surface area contributed by atoms with Crippen LogP contribution in [0.3, 0.4) is 0 Å². The van der Waals surface area contributed by atoms with Gasteiger partial charge in [0.05, 0.1) is 17.8 Å². The summed E-state index contributed by atoms with van der Waals surface area (Å²) >= 11 is 1.44. The highest BCUT2D eigenvalue weighted by molar-refractivity contribution is 7.16. The number of nitrogens with one attached hydrogen (secondary N) is 1. The predicted molar refractivity (Wildman–Crippen MR) is 101 cm³/mol. The summed E-state index contributed by atoms with van der Waals surface area (Å²) in [6, 6.07) is 11.8. The van der Waals surface area contributed by atoms with Crippen molar-refractivity contribution in [2.45, 2.75) is 38.8 Å². The van der Waals surface area contributed by atoms with E-state index in [0.717, 1.165) is 23.2 Å². The van der Waals surface area contributed by atoms with E-state index in [1.54, 1.807) is 6.07 Å². The Morgan fingerprint density at radius 1 is 1.28 bits per heavy atom. The van der Waals surface area contributed by atoms with E-state index in [0.29, 0.717) is 11.9 Å². The Bertz CT molecular complexity index is 902. The second-order valence-electron chi connectivity index (χ2n) is 5.95. The maximum Gasteiger partial charge on any atom is 0.262 e. The molecule has 0 fully saturated rings. The zero-order valence-electron chi connectivity index (χ0n) is 14.1. The molecular formula is C19H21N3O2S. The number of fused-ring (bicyclic) bond motifs is 1. The van der Waals surface area contributed by atoms with E-state index in [1.807, 2.05) is 35.7 Å². The molecule has 1 atom stereocenters. The standard InChI is InChI=1S/C19H21N3O2S/c1-2-6-16(14-7-4-3-5-8-14)21-17(23)9-11-22-13-20-18-15(19(22)24)10-12-25-18/h3-5,7-8,10,12-13,16H,2,6,9,11H2,1H3,(H,21,23). The van der Waals surface area contributed by atoms with Gasteiger partial charge in [-0.2, -0.15) is 0 Å². The third kappa shape index (κ3) is 4.14. The van der Waals surface area contributed by atoms with E-state index in [-0.39, 0.29) is 23.9 Å². The molecule has 130 valence electrons. The van der Waals surface area contributed by atoms with E-state index in [4.69, 9.17) is 0 Å². The van der Waals surface area contributed by atoms with Crippen LogP contribution in [0.4, 0.5) is 0 Å². The largest absolute Gasteiger partial charge is 0.349 e. The molecule has 0 aliphatic heterocycles. The summed E-state index contributed by atoms with van der Waals surface area (Å²) in [5, 5.41) is 5.55. The summed E-state index contributed by atoms with van der Waals surface area (Å²) in [7, 11) is 0. The lowest BCUT2D eigenvalue weighted by Gasteiger charge is -2.18. The lowest BCUT2D eigenvalue weighted by Crippen LogP contribution is -2.30. The van der Waals surface area contributed by atoms with Gasteiger partial charge in [0.25, 0.3) is 5.56 Å². The number of benzene rings is 1. The highest BCUT2D eigenvalue weighted by Gasteiger charge is 2.14. The molecule has 1 amide bonds. The molecule has 0 spiro atoms. The fraction of sp³-hybridized carbons (Fsp3) is 0.316. The number of thiophene rings is 1. The number of carbonyl (C=O) groups excluding carboxylic acids is 1. The highest BCUT2D eigenvalue weighted by atomic mass is 32.1. The van der Waals surface area contributed by atoms with E-state index in [2.05, 4.69) is 17.2 Å². The van der Waals surface area contributed by atoms with E-state index in [9.17, 15) is 9.59 Å². The fourth-order valence-electron chi connectivity index (χ4n) is 2.84. The van der Waals surface area contributed by atoms with Gasteiger partial charge in [-0.15, -0.1) is 11.3 Å². The van der Waals surface area contributed by atoms with Crippen molar-refractivity contribution in [2.24, 2.45) is 0 Å². The Kier molecular flexibility index (Phi) is 5.60. The third-order valence-electron chi connectivity index (χ3n) is 4.14. The van der Waals surface area contributed by atoms with Gasteiger partial charge in [-0.25, -0.2) is 4.98 Å². The van der Waals surface area contributed by atoms with Gasteiger partial charge in [-0.3, -0.25) is 14.2 Å². The average molecular weight is 355 g/mol. The first-order chi connectivity index (χ1) is 12.2. The van der Waals surface area contributed by atoms with Gasteiger partial charge in [0.1, 0.15) is 4.83 Å². The van der Waals surface area contributed by atoms with E-state index < -0.39 is 0 Å². The SMILES string of the molecule is CCCC(NC(=O)CCn1cnc2sccc2c1=O)c1ccccc1. The maximum atomic E-state index is 12.4. The van der Waals surface area contributed by atoms with Gasteiger partial charge >= 0.3 is 0 Å². The summed E-state index contributed by atoms with van der Waals surface area (Å²) in [6.45, 7) is 2.43. The van der Waals surface area contributed by atoms with Crippen molar-refractivity contribution < 1.29 is 4.79 Å². The molecule has 25 heavy (non-hydrogen) atoms. The smallest absolute Gasteiger partial charge is 0.262 e. The van der Waals surface area contributed by atoms with Crippen LogP contribution in [0.5, 0.6) is 0 Å². The molecule has 2 heterocycles. The summed E-state index contributed by atoms with van der Waals surface area (Å²) < 4.78 is 1.51. The minimum atomic E-state index is -0.0905. The van der Waals surface area contributed by atoms with Crippen molar-refractivity contribution in [1.29, 1.82) is 0 Å². The Hall–Kier alpha value is -2.47. The van der Waals surface area contributed by atoms with Crippen LogP contribution in [0, 0.1) is 0 Å². The van der Waals surface area contributed by atoms with Crippen molar-refractivity contribution in [2.75, 3.05) is 0 Å². The molecular weight excluding hydrogens is 334 g/mol. The summed E-state index contributed by atoms with van der Waals surface area (Å²) in [4.78, 5) is 29.7. The molecule has 0 saturated heterocycles. The molecule has 2 aromatic heterocycles. The number of aromatic nitrogens is 2. The number of nitrogens with zero attached hydrogens (tertiary/aromatic N) is 2. The first-order valence-electron chi connectivity index (χ1n) is 8.46. The molecule has 0 bridgehead atoms. The molecule has 5 nitrogen and oxygen atoms in total. The Labute approximate surface area is 150 Å². The number of carbonyl (C=O) groups is 1. The maximum absolute atomic E-state index is 12.4. The quantitative estimate of drug-likeness (QED) is 0.705. The Balaban J connectivity index is 1.65. The molecule has 3 rings (SSSR count). The molecule has 3 aromatic rings. The van der Waals surface area contributed by atoms with Gasteiger partial charge < -0.3 is 5.32 Å². The number of amides is 1. The molecule has 6 heteroatoms. The lowest BCUT2D eigenvalue weighted by molar-refractivity contribution is -0.122. The van der Waals surface area contributed by atoms with Crippen molar-refractivity contribution >= 4 is 27.5 Å². The van der Waals surface area contributed by atoms with E-state index in [1.165, 1.54) is 22.2 Å². The first-order valence-corrected chi connectivity index (χ1v) is 9.34. The van der Waals surface area contributed by atoms with Crippen LogP contribution < -0.4 is 10.9 Å². The van der Waals surface area contributed by atoms with Gasteiger partial charge in [-0.1, -0.05) is 43.7 Å². The second kappa shape index (κ2) is 8.07. The molecule has 1 N–H and O–H groups in total. The molecule has 0 aliphatic carbocycles. The third-order valence-corrected chi connectivity index (χ3v) is 4.97. The van der Waals surface area contributed by atoms with Gasteiger partial charge in [0.15, 0.2) is 0 Å². The van der Waals surface area contributed by atoms with Crippen LogP contribution in [0.1, 0.15) is 37.8 Å². The van der Waals surface area contributed by atoms with Crippen LogP contribution in [-0.2, 0) is 11.3 Å². The summed E-state index contributed by atoms with van der Waals surface area (Å²) in [5.41, 5.74) is 1.02. The molecule has 1 unspecified atom stereocenters. The fourth-order valence-corrected chi connectivity index (χ4v) is 3.56. The average Bonchev–Trinajstić information content (AvgIpc) is 3.11. The van der Waals surface area contributed by atoms with Crippen LogP contribution in [0.2, 0.25) is 0 Å². The Morgan fingerprint density at radius 3 is 2.84 bits per heavy atom. The predicted octanol–water partition coefficient (Wildman–Crippen LogP) is 3.51. The zero-order chi connectivity index (χ0) is 17.6. The van der Waals surface area contributed by atoms with E-state index >= 15 is 0 Å². The Morgan fingerprint density at radius 2 is 2.08 bits per heavy atom. The normalized spacial score (nSPS) is 12.2. The monoisotopic (exact) mass is 355 g/mol.